The van der Waals surface area contributed by atoms with Crippen LogP contribution in [0.1, 0.15) is 17.1 Å². The topological polar surface area (TPSA) is 148 Å². The normalized spacial score (nSPS) is 13.8. The van der Waals surface area contributed by atoms with Crippen LogP contribution in [0.4, 0.5) is 17.5 Å². The highest BCUT2D eigenvalue weighted by Crippen LogP contribution is 2.25. The zero-order valence-corrected chi connectivity index (χ0v) is 21.3. The molecular formula is C24H25N9O3S. The maximum atomic E-state index is 12.7. The fraction of sp³-hybridized carbons (Fsp3) is 0.250. The monoisotopic (exact) mass is 519 g/mol. The SMILES string of the molecule is Cc1ccnc(NS(=O)(=O)c2ccc(NC(=O)C3CN(c4cc(-n5nc(C)cc5C)ncn4)C3)cc2)n1. The third-order valence-electron chi connectivity index (χ3n) is 5.89. The lowest BCUT2D eigenvalue weighted by atomic mass is 9.99. The summed E-state index contributed by atoms with van der Waals surface area (Å²) in [5.74, 6) is 1.02. The van der Waals surface area contributed by atoms with Crippen molar-refractivity contribution < 1.29 is 13.2 Å². The lowest BCUT2D eigenvalue weighted by molar-refractivity contribution is -0.120. The quantitative estimate of drug-likeness (QED) is 0.375. The Hall–Kier alpha value is -4.39. The van der Waals surface area contributed by atoms with E-state index in [2.05, 4.69) is 35.1 Å². The van der Waals surface area contributed by atoms with Crippen molar-refractivity contribution in [2.24, 2.45) is 5.92 Å². The fourth-order valence-electron chi connectivity index (χ4n) is 3.96. The van der Waals surface area contributed by atoms with E-state index in [4.69, 9.17) is 0 Å². The predicted molar refractivity (Wildman–Crippen MR) is 137 cm³/mol. The molecule has 0 spiro atoms. The Morgan fingerprint density at radius 3 is 2.35 bits per heavy atom. The summed E-state index contributed by atoms with van der Waals surface area (Å²) >= 11 is 0. The molecule has 190 valence electrons. The number of aryl methyl sites for hydroxylation is 3. The molecule has 0 unspecified atom stereocenters. The van der Waals surface area contributed by atoms with E-state index in [9.17, 15) is 13.2 Å². The number of hydrogen-bond donors (Lipinski definition) is 2. The van der Waals surface area contributed by atoms with Crippen LogP contribution in [0.2, 0.25) is 0 Å². The Kier molecular flexibility index (Phi) is 6.29. The zero-order chi connectivity index (χ0) is 26.2. The van der Waals surface area contributed by atoms with Crippen molar-refractivity contribution in [1.29, 1.82) is 0 Å². The lowest BCUT2D eigenvalue weighted by Gasteiger charge is -2.39. The number of aromatic nitrogens is 6. The zero-order valence-electron chi connectivity index (χ0n) is 20.5. The van der Waals surface area contributed by atoms with Crippen molar-refractivity contribution in [1.82, 2.24) is 29.7 Å². The number of benzene rings is 1. The van der Waals surface area contributed by atoms with E-state index in [0.717, 1.165) is 17.2 Å². The maximum Gasteiger partial charge on any atom is 0.264 e. The van der Waals surface area contributed by atoms with E-state index in [0.29, 0.717) is 30.3 Å². The van der Waals surface area contributed by atoms with Crippen LogP contribution in [0.5, 0.6) is 0 Å². The van der Waals surface area contributed by atoms with Crippen LogP contribution in [-0.2, 0) is 14.8 Å². The van der Waals surface area contributed by atoms with Gasteiger partial charge in [0.05, 0.1) is 16.5 Å². The Labute approximate surface area is 213 Å². The van der Waals surface area contributed by atoms with Crippen molar-refractivity contribution in [3.05, 3.63) is 72.1 Å². The minimum Gasteiger partial charge on any atom is -0.355 e. The van der Waals surface area contributed by atoms with Gasteiger partial charge in [-0.1, -0.05) is 0 Å². The Morgan fingerprint density at radius 2 is 1.68 bits per heavy atom. The highest BCUT2D eigenvalue weighted by Gasteiger charge is 2.34. The van der Waals surface area contributed by atoms with E-state index in [1.54, 1.807) is 29.8 Å². The van der Waals surface area contributed by atoms with Gasteiger partial charge in [0.1, 0.15) is 12.1 Å². The van der Waals surface area contributed by atoms with E-state index in [-0.39, 0.29) is 22.7 Å². The maximum absolute atomic E-state index is 12.7. The molecule has 0 radical (unpaired) electrons. The molecule has 2 N–H and O–H groups in total. The minimum atomic E-state index is -3.86. The van der Waals surface area contributed by atoms with Crippen molar-refractivity contribution in [3.63, 3.8) is 0 Å². The molecule has 1 amide bonds. The summed E-state index contributed by atoms with van der Waals surface area (Å²) in [6.45, 7) is 6.64. The van der Waals surface area contributed by atoms with Gasteiger partial charge >= 0.3 is 0 Å². The lowest BCUT2D eigenvalue weighted by Crippen LogP contribution is -2.52. The Balaban J connectivity index is 1.18. The first-order valence-electron chi connectivity index (χ1n) is 11.5. The number of hydrogen-bond acceptors (Lipinski definition) is 9. The molecule has 5 rings (SSSR count). The largest absolute Gasteiger partial charge is 0.355 e. The summed E-state index contributed by atoms with van der Waals surface area (Å²) in [7, 11) is -3.86. The summed E-state index contributed by atoms with van der Waals surface area (Å²) in [4.78, 5) is 31.4. The predicted octanol–water partition coefficient (Wildman–Crippen LogP) is 2.25. The second-order valence-corrected chi connectivity index (χ2v) is 10.5. The number of nitrogens with one attached hydrogen (secondary N) is 2. The van der Waals surface area contributed by atoms with Crippen LogP contribution in [0.15, 0.2) is 59.9 Å². The second-order valence-electron chi connectivity index (χ2n) is 8.82. The van der Waals surface area contributed by atoms with Crippen LogP contribution in [0, 0.1) is 26.7 Å². The third kappa shape index (κ3) is 5.26. The van der Waals surface area contributed by atoms with Gasteiger partial charge in [0.25, 0.3) is 10.0 Å². The molecule has 13 heteroatoms. The molecule has 0 atom stereocenters. The molecule has 0 saturated carbocycles. The van der Waals surface area contributed by atoms with Crippen molar-refractivity contribution in [2.75, 3.05) is 28.0 Å². The van der Waals surface area contributed by atoms with Gasteiger partial charge in [0.15, 0.2) is 5.82 Å². The number of amides is 1. The summed E-state index contributed by atoms with van der Waals surface area (Å²) in [6.07, 6.45) is 2.97. The average molecular weight is 520 g/mol. The Bertz CT molecular complexity index is 1560. The molecule has 1 aliphatic rings. The Morgan fingerprint density at radius 1 is 0.946 bits per heavy atom. The molecule has 0 bridgehead atoms. The fourth-order valence-corrected chi connectivity index (χ4v) is 4.91. The molecule has 0 aliphatic carbocycles. The van der Waals surface area contributed by atoms with Gasteiger partial charge in [0, 0.05) is 42.4 Å². The van der Waals surface area contributed by atoms with E-state index < -0.39 is 10.0 Å². The number of sulfonamides is 1. The van der Waals surface area contributed by atoms with E-state index in [1.165, 1.54) is 24.7 Å². The van der Waals surface area contributed by atoms with Crippen molar-refractivity contribution in [2.45, 2.75) is 25.7 Å². The summed E-state index contributed by atoms with van der Waals surface area (Å²) in [5.41, 5.74) is 3.02. The van der Waals surface area contributed by atoms with Crippen LogP contribution >= 0.6 is 0 Å². The molecule has 1 aliphatic heterocycles. The van der Waals surface area contributed by atoms with E-state index >= 15 is 0 Å². The van der Waals surface area contributed by atoms with Gasteiger partial charge in [0.2, 0.25) is 11.9 Å². The highest BCUT2D eigenvalue weighted by atomic mass is 32.2. The van der Waals surface area contributed by atoms with E-state index in [1.807, 2.05) is 30.9 Å². The van der Waals surface area contributed by atoms with Gasteiger partial charge in [-0.2, -0.15) is 5.10 Å². The highest BCUT2D eigenvalue weighted by molar-refractivity contribution is 7.92. The molecule has 1 saturated heterocycles. The molecule has 37 heavy (non-hydrogen) atoms. The number of carbonyl (C=O) groups is 1. The van der Waals surface area contributed by atoms with Gasteiger partial charge < -0.3 is 10.2 Å². The van der Waals surface area contributed by atoms with Crippen LogP contribution in [-0.4, -0.2) is 57.1 Å². The van der Waals surface area contributed by atoms with Gasteiger partial charge in [-0.15, -0.1) is 0 Å². The molecule has 12 nitrogen and oxygen atoms in total. The van der Waals surface area contributed by atoms with Gasteiger partial charge in [-0.05, 0) is 57.2 Å². The smallest absolute Gasteiger partial charge is 0.264 e. The van der Waals surface area contributed by atoms with Crippen molar-refractivity contribution >= 4 is 33.4 Å². The molecule has 4 heterocycles. The van der Waals surface area contributed by atoms with Gasteiger partial charge in [-0.25, -0.2) is 37.8 Å². The number of anilines is 3. The molecular weight excluding hydrogens is 494 g/mol. The van der Waals surface area contributed by atoms with Gasteiger partial charge in [-0.3, -0.25) is 4.79 Å². The van der Waals surface area contributed by atoms with Crippen molar-refractivity contribution in [3.8, 4) is 5.82 Å². The van der Waals surface area contributed by atoms with Crippen LogP contribution < -0.4 is 14.9 Å². The van der Waals surface area contributed by atoms with Crippen LogP contribution in [0.25, 0.3) is 5.82 Å². The minimum absolute atomic E-state index is 0.00223. The summed E-state index contributed by atoms with van der Waals surface area (Å²) < 4.78 is 29.3. The van der Waals surface area contributed by atoms with Crippen LogP contribution in [0.3, 0.4) is 0 Å². The summed E-state index contributed by atoms with van der Waals surface area (Å²) in [5, 5.41) is 7.30. The average Bonchev–Trinajstić information content (AvgIpc) is 3.16. The number of rotatable bonds is 7. The number of nitrogens with zero attached hydrogens (tertiary/aromatic N) is 7. The first kappa shape index (κ1) is 24.3. The first-order valence-corrected chi connectivity index (χ1v) is 13.0. The molecule has 1 fully saturated rings. The summed E-state index contributed by atoms with van der Waals surface area (Å²) in [6, 6.07) is 11.4. The molecule has 4 aromatic rings. The third-order valence-corrected chi connectivity index (χ3v) is 7.24. The molecule has 3 aromatic heterocycles. The second kappa shape index (κ2) is 9.58. The number of carbonyl (C=O) groups excluding carboxylic acids is 1. The first-order chi connectivity index (χ1) is 17.7. The standard InChI is InChI=1S/C24H25N9O3S/c1-15-8-9-25-24(28-15)31-37(35,36)20-6-4-19(5-7-20)29-23(34)18-12-32(13-18)21-11-22(27-14-26-21)33-17(3)10-16(2)30-33/h4-11,14,18H,12-13H2,1-3H3,(H,29,34)(H,25,28,31). The molecule has 1 aromatic carbocycles.